The van der Waals surface area contributed by atoms with Crippen LogP contribution in [0.4, 0.5) is 11.4 Å². The molecule has 1 N–H and O–H groups in total. The molecule has 0 bridgehead atoms. The molecule has 28 heavy (non-hydrogen) atoms. The van der Waals surface area contributed by atoms with Crippen molar-refractivity contribution < 1.29 is 9.72 Å². The standard InChI is InChI=1S/C17H13Cl2N5O3S/c1-23-16(10-2-4-11(18)5-3-10)21-22-17(23)28-9-15(25)20-14-7-6-12(24(26)27)8-13(14)19/h2-8H,9H2,1H3,(H,20,25). The number of thioether (sulfide) groups is 1. The van der Waals surface area contributed by atoms with Crippen LogP contribution in [0.1, 0.15) is 0 Å². The van der Waals surface area contributed by atoms with Gasteiger partial charge in [0.1, 0.15) is 0 Å². The first kappa shape index (κ1) is 20.1. The highest BCUT2D eigenvalue weighted by Gasteiger charge is 2.15. The highest BCUT2D eigenvalue weighted by molar-refractivity contribution is 7.99. The largest absolute Gasteiger partial charge is 0.324 e. The van der Waals surface area contributed by atoms with Crippen LogP contribution in [0.25, 0.3) is 11.4 Å². The highest BCUT2D eigenvalue weighted by atomic mass is 35.5. The lowest BCUT2D eigenvalue weighted by Crippen LogP contribution is -2.14. The molecule has 1 aromatic heterocycles. The van der Waals surface area contributed by atoms with Crippen molar-refractivity contribution in [2.24, 2.45) is 7.05 Å². The lowest BCUT2D eigenvalue weighted by Gasteiger charge is -2.07. The molecule has 3 aromatic rings. The normalized spacial score (nSPS) is 10.7. The molecule has 11 heteroatoms. The number of nitro benzene ring substituents is 1. The van der Waals surface area contributed by atoms with Crippen LogP contribution >= 0.6 is 35.0 Å². The molecule has 0 aliphatic carbocycles. The molecule has 0 fully saturated rings. The molecule has 0 saturated heterocycles. The van der Waals surface area contributed by atoms with Gasteiger partial charge in [0.2, 0.25) is 5.91 Å². The number of carbonyl (C=O) groups excluding carboxylic acids is 1. The Labute approximate surface area is 174 Å². The summed E-state index contributed by atoms with van der Waals surface area (Å²) in [5.74, 6) is 0.398. The van der Waals surface area contributed by atoms with Gasteiger partial charge in [0.05, 0.1) is 21.4 Å². The van der Waals surface area contributed by atoms with Gasteiger partial charge in [-0.2, -0.15) is 0 Å². The van der Waals surface area contributed by atoms with Crippen LogP contribution in [0.3, 0.4) is 0 Å². The zero-order valence-corrected chi connectivity index (χ0v) is 16.8. The van der Waals surface area contributed by atoms with Crippen LogP contribution in [0.5, 0.6) is 0 Å². The number of aromatic nitrogens is 3. The number of nitrogens with one attached hydrogen (secondary N) is 1. The average molecular weight is 438 g/mol. The monoisotopic (exact) mass is 437 g/mol. The number of anilines is 1. The summed E-state index contributed by atoms with van der Waals surface area (Å²) < 4.78 is 1.78. The van der Waals surface area contributed by atoms with E-state index in [1.54, 1.807) is 23.7 Å². The predicted molar refractivity (Wildman–Crippen MR) is 109 cm³/mol. The molecule has 0 spiro atoms. The molecule has 1 amide bonds. The minimum Gasteiger partial charge on any atom is -0.324 e. The van der Waals surface area contributed by atoms with Crippen LogP contribution in [0, 0.1) is 10.1 Å². The van der Waals surface area contributed by atoms with Gasteiger partial charge in [0, 0.05) is 29.8 Å². The van der Waals surface area contributed by atoms with Crippen LogP contribution in [0.2, 0.25) is 10.0 Å². The zero-order valence-electron chi connectivity index (χ0n) is 14.4. The second-order valence-electron chi connectivity index (χ2n) is 5.63. The molecule has 1 heterocycles. The van der Waals surface area contributed by atoms with Gasteiger partial charge in [0.15, 0.2) is 11.0 Å². The van der Waals surface area contributed by atoms with Crippen LogP contribution in [-0.2, 0) is 11.8 Å². The Kier molecular flexibility index (Phi) is 6.18. The second-order valence-corrected chi connectivity index (χ2v) is 7.42. The summed E-state index contributed by atoms with van der Waals surface area (Å²) in [7, 11) is 1.80. The number of rotatable bonds is 6. The number of nitrogens with zero attached hydrogens (tertiary/aromatic N) is 4. The van der Waals surface area contributed by atoms with Crippen molar-refractivity contribution in [2.45, 2.75) is 5.16 Å². The third kappa shape index (κ3) is 4.61. The molecule has 3 rings (SSSR count). The topological polar surface area (TPSA) is 103 Å². The van der Waals surface area contributed by atoms with E-state index in [1.807, 2.05) is 12.1 Å². The SMILES string of the molecule is Cn1c(SCC(=O)Nc2ccc([N+](=O)[O-])cc2Cl)nnc1-c1ccc(Cl)cc1. The van der Waals surface area contributed by atoms with E-state index in [1.165, 1.54) is 30.0 Å². The Balaban J connectivity index is 1.64. The van der Waals surface area contributed by atoms with Gasteiger partial charge < -0.3 is 9.88 Å². The van der Waals surface area contributed by atoms with Crippen LogP contribution < -0.4 is 5.32 Å². The number of non-ortho nitro benzene ring substituents is 1. The number of carbonyl (C=O) groups is 1. The Bertz CT molecular complexity index is 1040. The molecule has 2 aromatic carbocycles. The first-order chi connectivity index (χ1) is 13.3. The minimum absolute atomic E-state index is 0.0694. The molecule has 0 saturated carbocycles. The van der Waals surface area contributed by atoms with E-state index in [0.29, 0.717) is 21.7 Å². The van der Waals surface area contributed by atoms with E-state index >= 15 is 0 Å². The van der Waals surface area contributed by atoms with Crippen molar-refractivity contribution in [3.8, 4) is 11.4 Å². The van der Waals surface area contributed by atoms with Gasteiger partial charge in [-0.25, -0.2) is 0 Å². The van der Waals surface area contributed by atoms with Crippen LogP contribution in [-0.4, -0.2) is 31.3 Å². The van der Waals surface area contributed by atoms with Crippen molar-refractivity contribution >= 4 is 52.2 Å². The molecule has 8 nitrogen and oxygen atoms in total. The number of hydrogen-bond donors (Lipinski definition) is 1. The van der Waals surface area contributed by atoms with Gasteiger partial charge in [0.25, 0.3) is 5.69 Å². The molecule has 0 atom stereocenters. The molecule has 0 unspecified atom stereocenters. The van der Waals surface area contributed by atoms with Crippen molar-refractivity contribution in [1.29, 1.82) is 0 Å². The third-order valence-corrected chi connectivity index (χ3v) is 5.29. The summed E-state index contributed by atoms with van der Waals surface area (Å²) in [6, 6.07) is 11.1. The Morgan fingerprint density at radius 3 is 2.57 bits per heavy atom. The summed E-state index contributed by atoms with van der Waals surface area (Å²) in [5, 5.41) is 22.9. The number of halogens is 2. The van der Waals surface area contributed by atoms with Gasteiger partial charge in [-0.3, -0.25) is 14.9 Å². The third-order valence-electron chi connectivity index (χ3n) is 3.71. The van der Waals surface area contributed by atoms with E-state index in [9.17, 15) is 14.9 Å². The maximum Gasteiger partial charge on any atom is 0.271 e. The lowest BCUT2D eigenvalue weighted by molar-refractivity contribution is -0.384. The predicted octanol–water partition coefficient (Wildman–Crippen LogP) is 4.43. The zero-order chi connectivity index (χ0) is 20.3. The summed E-state index contributed by atoms with van der Waals surface area (Å²) >= 11 is 13.1. The Hall–Kier alpha value is -2.62. The second kappa shape index (κ2) is 8.59. The fourth-order valence-corrected chi connectivity index (χ4v) is 3.39. The van der Waals surface area contributed by atoms with E-state index in [-0.39, 0.29) is 22.4 Å². The van der Waals surface area contributed by atoms with Crippen molar-refractivity contribution in [3.63, 3.8) is 0 Å². The molecule has 0 aliphatic heterocycles. The smallest absolute Gasteiger partial charge is 0.271 e. The molecule has 0 radical (unpaired) electrons. The van der Waals surface area contributed by atoms with Crippen molar-refractivity contribution in [1.82, 2.24) is 14.8 Å². The van der Waals surface area contributed by atoms with Gasteiger partial charge in [-0.1, -0.05) is 35.0 Å². The minimum atomic E-state index is -0.556. The quantitative estimate of drug-likeness (QED) is 0.347. The first-order valence-corrected chi connectivity index (χ1v) is 9.61. The number of nitro groups is 1. The molecular weight excluding hydrogens is 425 g/mol. The summed E-state index contributed by atoms with van der Waals surface area (Å²) in [5.41, 5.74) is 1.01. The molecule has 0 aliphatic rings. The molecular formula is C17H13Cl2N5O3S. The number of amides is 1. The number of hydrogen-bond acceptors (Lipinski definition) is 6. The van der Waals surface area contributed by atoms with E-state index in [2.05, 4.69) is 15.5 Å². The van der Waals surface area contributed by atoms with Crippen molar-refractivity contribution in [2.75, 3.05) is 11.1 Å². The molecule has 144 valence electrons. The fourth-order valence-electron chi connectivity index (χ4n) is 2.33. The van der Waals surface area contributed by atoms with Gasteiger partial charge >= 0.3 is 0 Å². The highest BCUT2D eigenvalue weighted by Crippen LogP contribution is 2.27. The van der Waals surface area contributed by atoms with Gasteiger partial charge in [-0.15, -0.1) is 10.2 Å². The number of benzene rings is 2. The van der Waals surface area contributed by atoms with Crippen LogP contribution in [0.15, 0.2) is 47.6 Å². The summed E-state index contributed by atoms with van der Waals surface area (Å²) in [6.45, 7) is 0. The first-order valence-electron chi connectivity index (χ1n) is 7.87. The fraction of sp³-hybridized carbons (Fsp3) is 0.118. The maximum atomic E-state index is 12.2. The van der Waals surface area contributed by atoms with Gasteiger partial charge in [-0.05, 0) is 30.3 Å². The Morgan fingerprint density at radius 1 is 1.21 bits per heavy atom. The van der Waals surface area contributed by atoms with E-state index in [4.69, 9.17) is 23.2 Å². The van der Waals surface area contributed by atoms with E-state index < -0.39 is 4.92 Å². The summed E-state index contributed by atoms with van der Waals surface area (Å²) in [6.07, 6.45) is 0. The van der Waals surface area contributed by atoms with Crippen molar-refractivity contribution in [3.05, 3.63) is 62.6 Å². The maximum absolute atomic E-state index is 12.2. The Morgan fingerprint density at radius 2 is 1.93 bits per heavy atom. The lowest BCUT2D eigenvalue weighted by atomic mass is 10.2. The average Bonchev–Trinajstić information content (AvgIpc) is 3.03. The van der Waals surface area contributed by atoms with E-state index in [0.717, 1.165) is 5.56 Å². The summed E-state index contributed by atoms with van der Waals surface area (Å²) in [4.78, 5) is 22.4.